The van der Waals surface area contributed by atoms with Crippen LogP contribution in [0.2, 0.25) is 0 Å². The van der Waals surface area contributed by atoms with Crippen molar-refractivity contribution in [2.75, 3.05) is 31.1 Å². The first-order chi connectivity index (χ1) is 14.8. The summed E-state index contributed by atoms with van der Waals surface area (Å²) in [6.07, 6.45) is -3.44. The van der Waals surface area contributed by atoms with Crippen molar-refractivity contribution >= 4 is 25.7 Å². The molecule has 1 aliphatic heterocycles. The molecule has 176 valence electrons. The molecule has 14 heteroatoms. The molecular formula is C18H18F5N3O4S2. The number of benzene rings is 1. The van der Waals surface area contributed by atoms with Crippen LogP contribution in [0.1, 0.15) is 12.0 Å². The maximum atomic E-state index is 12.9. The van der Waals surface area contributed by atoms with Crippen LogP contribution in [0.15, 0.2) is 52.4 Å². The van der Waals surface area contributed by atoms with E-state index in [2.05, 4.69) is 4.98 Å². The SMILES string of the molecule is O=S(=O)(c1ccc(S(=O)(=O)N2CCCN(c3ccc(C(F)(F)F)cn3)CC2)cc1)C(F)F. The third kappa shape index (κ3) is 5.02. The van der Waals surface area contributed by atoms with Crippen LogP contribution < -0.4 is 4.90 Å². The third-order valence-electron chi connectivity index (χ3n) is 4.88. The fourth-order valence-electron chi connectivity index (χ4n) is 3.16. The average Bonchev–Trinajstić information content (AvgIpc) is 3.00. The second-order valence-corrected chi connectivity index (χ2v) is 10.8. The summed E-state index contributed by atoms with van der Waals surface area (Å²) in [4.78, 5) is 4.53. The molecule has 1 aliphatic rings. The van der Waals surface area contributed by atoms with Crippen LogP contribution in [0.25, 0.3) is 0 Å². The predicted octanol–water partition coefficient (Wildman–Crippen LogP) is 3.00. The molecule has 2 aromatic rings. The molecule has 2 heterocycles. The van der Waals surface area contributed by atoms with E-state index in [1.807, 2.05) is 0 Å². The summed E-state index contributed by atoms with van der Waals surface area (Å²) in [5.74, 6) is -3.35. The van der Waals surface area contributed by atoms with Crippen molar-refractivity contribution in [2.24, 2.45) is 0 Å². The zero-order valence-corrected chi connectivity index (χ0v) is 18.0. The van der Waals surface area contributed by atoms with Gasteiger partial charge in [0.25, 0.3) is 0 Å². The lowest BCUT2D eigenvalue weighted by molar-refractivity contribution is -0.137. The van der Waals surface area contributed by atoms with Crippen LogP contribution in [-0.4, -0.2) is 58.1 Å². The lowest BCUT2D eigenvalue weighted by Crippen LogP contribution is -2.35. The molecule has 32 heavy (non-hydrogen) atoms. The fraction of sp³-hybridized carbons (Fsp3) is 0.389. The highest BCUT2D eigenvalue weighted by atomic mass is 32.2. The van der Waals surface area contributed by atoms with E-state index in [1.165, 1.54) is 6.07 Å². The number of pyridine rings is 1. The Morgan fingerprint density at radius 2 is 1.47 bits per heavy atom. The van der Waals surface area contributed by atoms with Crippen molar-refractivity contribution in [3.63, 3.8) is 0 Å². The van der Waals surface area contributed by atoms with Crippen molar-refractivity contribution in [2.45, 2.75) is 28.1 Å². The van der Waals surface area contributed by atoms with Crippen molar-refractivity contribution in [1.82, 2.24) is 9.29 Å². The molecule has 0 unspecified atom stereocenters. The van der Waals surface area contributed by atoms with Gasteiger partial charge in [0.2, 0.25) is 19.9 Å². The fourth-order valence-corrected chi connectivity index (χ4v) is 5.35. The first kappa shape index (κ1) is 24.3. The number of sulfonamides is 1. The van der Waals surface area contributed by atoms with Gasteiger partial charge in [0.15, 0.2) is 0 Å². The Balaban J connectivity index is 1.74. The van der Waals surface area contributed by atoms with Gasteiger partial charge in [-0.2, -0.15) is 26.3 Å². The summed E-state index contributed by atoms with van der Waals surface area (Å²) < 4.78 is 113. The van der Waals surface area contributed by atoms with Crippen LogP contribution in [0.3, 0.4) is 0 Å². The Kier molecular flexibility index (Phi) is 6.77. The molecule has 0 saturated carbocycles. The minimum Gasteiger partial charge on any atom is -0.355 e. The molecule has 1 fully saturated rings. The number of hydrogen-bond acceptors (Lipinski definition) is 6. The van der Waals surface area contributed by atoms with Crippen LogP contribution >= 0.6 is 0 Å². The van der Waals surface area contributed by atoms with Gasteiger partial charge in [-0.15, -0.1) is 0 Å². The number of alkyl halides is 5. The van der Waals surface area contributed by atoms with E-state index in [1.54, 1.807) is 4.90 Å². The van der Waals surface area contributed by atoms with Crippen LogP contribution in [0.4, 0.5) is 27.8 Å². The Labute approximate surface area is 181 Å². The van der Waals surface area contributed by atoms with E-state index in [-0.39, 0.29) is 30.3 Å². The number of sulfone groups is 1. The first-order valence-corrected chi connectivity index (χ1v) is 12.2. The van der Waals surface area contributed by atoms with E-state index in [0.29, 0.717) is 19.2 Å². The second kappa shape index (κ2) is 8.90. The summed E-state index contributed by atoms with van der Waals surface area (Å²) in [7, 11) is -8.89. The van der Waals surface area contributed by atoms with E-state index in [4.69, 9.17) is 0 Å². The second-order valence-electron chi connectivity index (χ2n) is 6.92. The summed E-state index contributed by atoms with van der Waals surface area (Å²) in [6.45, 7) is 0.629. The quantitative estimate of drug-likeness (QED) is 0.588. The van der Waals surface area contributed by atoms with E-state index in [9.17, 15) is 38.8 Å². The van der Waals surface area contributed by atoms with Gasteiger partial charge in [-0.25, -0.2) is 21.8 Å². The van der Waals surface area contributed by atoms with Gasteiger partial charge in [-0.05, 0) is 42.8 Å². The molecule has 0 aliphatic carbocycles. The van der Waals surface area contributed by atoms with Gasteiger partial charge in [0, 0.05) is 32.4 Å². The topological polar surface area (TPSA) is 87.6 Å². The molecule has 0 N–H and O–H groups in total. The van der Waals surface area contributed by atoms with Crippen molar-refractivity contribution < 1.29 is 38.8 Å². The Morgan fingerprint density at radius 1 is 0.844 bits per heavy atom. The van der Waals surface area contributed by atoms with E-state index < -0.39 is 42.3 Å². The monoisotopic (exact) mass is 499 g/mol. The number of aromatic nitrogens is 1. The average molecular weight is 499 g/mol. The highest BCUT2D eigenvalue weighted by molar-refractivity contribution is 7.91. The van der Waals surface area contributed by atoms with Gasteiger partial charge in [-0.3, -0.25) is 0 Å². The molecule has 1 aromatic carbocycles. The number of nitrogens with zero attached hydrogens (tertiary/aromatic N) is 3. The first-order valence-electron chi connectivity index (χ1n) is 9.24. The molecule has 0 amide bonds. The van der Waals surface area contributed by atoms with Crippen molar-refractivity contribution in [1.29, 1.82) is 0 Å². The molecule has 0 radical (unpaired) electrons. The lowest BCUT2D eigenvalue weighted by atomic mass is 10.2. The summed E-state index contributed by atoms with van der Waals surface area (Å²) in [5, 5.41) is 0. The van der Waals surface area contributed by atoms with Crippen molar-refractivity contribution in [3.05, 3.63) is 48.2 Å². The molecule has 0 spiro atoms. The Bertz CT molecular complexity index is 1150. The van der Waals surface area contributed by atoms with Gasteiger partial charge in [0.1, 0.15) is 5.82 Å². The predicted molar refractivity (Wildman–Crippen MR) is 104 cm³/mol. The smallest absolute Gasteiger partial charge is 0.355 e. The van der Waals surface area contributed by atoms with E-state index in [0.717, 1.165) is 34.6 Å². The minimum atomic E-state index is -4.85. The largest absolute Gasteiger partial charge is 0.417 e. The van der Waals surface area contributed by atoms with Gasteiger partial charge >= 0.3 is 11.9 Å². The van der Waals surface area contributed by atoms with Crippen molar-refractivity contribution in [3.8, 4) is 0 Å². The third-order valence-corrected chi connectivity index (χ3v) is 8.19. The summed E-state index contributed by atoms with van der Waals surface area (Å²) in [5.41, 5.74) is -0.891. The van der Waals surface area contributed by atoms with Crippen LogP contribution in [0, 0.1) is 0 Å². The lowest BCUT2D eigenvalue weighted by Gasteiger charge is -2.23. The summed E-state index contributed by atoms with van der Waals surface area (Å²) in [6, 6.07) is 5.64. The molecule has 7 nitrogen and oxygen atoms in total. The zero-order chi connectivity index (χ0) is 23.7. The van der Waals surface area contributed by atoms with E-state index >= 15 is 0 Å². The molecular weight excluding hydrogens is 481 g/mol. The highest BCUT2D eigenvalue weighted by Crippen LogP contribution is 2.30. The van der Waals surface area contributed by atoms with Crippen LogP contribution in [-0.2, 0) is 26.0 Å². The molecule has 1 aromatic heterocycles. The number of rotatable bonds is 5. The minimum absolute atomic E-state index is 0.00210. The maximum Gasteiger partial charge on any atom is 0.417 e. The van der Waals surface area contributed by atoms with Gasteiger partial charge in [-0.1, -0.05) is 0 Å². The molecule has 0 atom stereocenters. The Morgan fingerprint density at radius 3 is 2.00 bits per heavy atom. The zero-order valence-electron chi connectivity index (χ0n) is 16.3. The number of halogens is 5. The standard InChI is InChI=1S/C18H18F5N3O4S2/c19-17(20)31(27,28)14-3-5-15(6-4-14)32(29,30)26-9-1-8-25(10-11-26)16-7-2-13(12-24-16)18(21,22)23/h2-7,12,17H,1,8-11H2. The summed E-state index contributed by atoms with van der Waals surface area (Å²) >= 11 is 0. The molecule has 3 rings (SSSR count). The normalized spacial score (nSPS) is 16.9. The van der Waals surface area contributed by atoms with Gasteiger partial charge < -0.3 is 4.90 Å². The molecule has 0 bridgehead atoms. The number of anilines is 1. The Hall–Kier alpha value is -2.32. The molecule has 1 saturated heterocycles. The van der Waals surface area contributed by atoms with Gasteiger partial charge in [0.05, 0.1) is 15.4 Å². The number of hydrogen-bond donors (Lipinski definition) is 0. The van der Waals surface area contributed by atoms with Crippen LogP contribution in [0.5, 0.6) is 0 Å². The maximum absolute atomic E-state index is 12.9. The highest BCUT2D eigenvalue weighted by Gasteiger charge is 2.32.